The zero-order chi connectivity index (χ0) is 18.5. The van der Waals surface area contributed by atoms with Gasteiger partial charge in [-0.25, -0.2) is 0 Å². The molecule has 2 aliphatic rings. The van der Waals surface area contributed by atoms with Crippen molar-refractivity contribution in [3.05, 3.63) is 28.8 Å². The highest BCUT2D eigenvalue weighted by Crippen LogP contribution is 2.38. The molecule has 0 saturated carbocycles. The number of aliphatic carboxylic acids is 1. The third-order valence-corrected chi connectivity index (χ3v) is 4.54. The van der Waals surface area contributed by atoms with Gasteiger partial charge >= 0.3 is 5.97 Å². The lowest BCUT2D eigenvalue weighted by molar-refractivity contribution is -0.145. The molecule has 2 aliphatic heterocycles. The van der Waals surface area contributed by atoms with E-state index in [0.717, 1.165) is 0 Å². The van der Waals surface area contributed by atoms with Crippen LogP contribution in [0.2, 0.25) is 5.02 Å². The molecule has 0 radical (unpaired) electrons. The van der Waals surface area contributed by atoms with Crippen LogP contribution in [-0.4, -0.2) is 60.9 Å². The van der Waals surface area contributed by atoms with E-state index < -0.39 is 5.97 Å². The lowest BCUT2D eigenvalue weighted by Gasteiger charge is -2.32. The molecule has 1 saturated heterocycles. The molecule has 1 aromatic carbocycles. The van der Waals surface area contributed by atoms with Crippen molar-refractivity contribution in [1.29, 1.82) is 0 Å². The van der Waals surface area contributed by atoms with E-state index in [9.17, 15) is 9.59 Å². The Morgan fingerprint density at radius 3 is 2.65 bits per heavy atom. The molecule has 3 rings (SSSR count). The summed E-state index contributed by atoms with van der Waals surface area (Å²) in [4.78, 5) is 25.1. The molecule has 0 atom stereocenters. The van der Waals surface area contributed by atoms with Gasteiger partial charge in [-0.3, -0.25) is 9.59 Å². The van der Waals surface area contributed by atoms with Crippen molar-refractivity contribution >= 4 is 29.6 Å². The summed E-state index contributed by atoms with van der Waals surface area (Å²) in [7, 11) is 0. The highest BCUT2D eigenvalue weighted by Gasteiger charge is 2.26. The predicted molar refractivity (Wildman–Crippen MR) is 94.7 cm³/mol. The summed E-state index contributed by atoms with van der Waals surface area (Å²) in [6.07, 6.45) is 4.21. The van der Waals surface area contributed by atoms with Crippen LogP contribution in [0.5, 0.6) is 11.5 Å². The molecule has 26 heavy (non-hydrogen) atoms. The summed E-state index contributed by atoms with van der Waals surface area (Å²) in [6, 6.07) is 3.27. The van der Waals surface area contributed by atoms with Gasteiger partial charge in [-0.1, -0.05) is 11.6 Å². The normalized spacial score (nSPS) is 17.3. The number of hydrogen-bond acceptors (Lipinski definition) is 5. The highest BCUT2D eigenvalue weighted by atomic mass is 35.5. The lowest BCUT2D eigenvalue weighted by Crippen LogP contribution is -2.45. The number of ether oxygens (including phenoxy) is 3. The topological polar surface area (TPSA) is 85.3 Å². The van der Waals surface area contributed by atoms with E-state index in [1.807, 2.05) is 0 Å². The van der Waals surface area contributed by atoms with Crippen molar-refractivity contribution in [3.8, 4) is 11.5 Å². The van der Waals surface area contributed by atoms with E-state index in [2.05, 4.69) is 0 Å². The van der Waals surface area contributed by atoms with E-state index in [1.165, 1.54) is 11.0 Å². The number of halogens is 1. The summed E-state index contributed by atoms with van der Waals surface area (Å²) >= 11 is 6.19. The monoisotopic (exact) mass is 381 g/mol. The third-order valence-electron chi connectivity index (χ3n) is 4.26. The molecular weight excluding hydrogens is 362 g/mol. The number of nitrogens with zero attached hydrogens (tertiary/aromatic N) is 1. The van der Waals surface area contributed by atoms with Gasteiger partial charge in [0.25, 0.3) is 0 Å². The van der Waals surface area contributed by atoms with Crippen molar-refractivity contribution in [1.82, 2.24) is 4.90 Å². The maximum Gasteiger partial charge on any atom is 0.323 e. The molecule has 0 aliphatic carbocycles. The summed E-state index contributed by atoms with van der Waals surface area (Å²) in [5.74, 6) is -0.371. The van der Waals surface area contributed by atoms with Gasteiger partial charge in [0.2, 0.25) is 5.91 Å². The second-order valence-electron chi connectivity index (χ2n) is 6.06. The fraction of sp³-hybridized carbons (Fsp3) is 0.444. The zero-order valence-electron chi connectivity index (χ0n) is 14.2. The van der Waals surface area contributed by atoms with Crippen LogP contribution in [0, 0.1) is 0 Å². The SMILES string of the molecule is O=C(O)CN(C(=O)/C=C/c1cc(Cl)c2c(c1)OCCO2)C1CCOCC1. The largest absolute Gasteiger partial charge is 0.486 e. The summed E-state index contributed by atoms with van der Waals surface area (Å²) in [6.45, 7) is 1.59. The molecule has 0 aromatic heterocycles. The van der Waals surface area contributed by atoms with Gasteiger partial charge < -0.3 is 24.2 Å². The minimum Gasteiger partial charge on any atom is -0.486 e. The van der Waals surface area contributed by atoms with Crippen molar-refractivity contribution < 1.29 is 28.9 Å². The summed E-state index contributed by atoms with van der Waals surface area (Å²) in [5, 5.41) is 9.52. The standard InChI is InChI=1S/C18H20ClNO6/c19-14-9-12(10-15-18(14)26-8-7-25-15)1-2-16(21)20(11-17(22)23)13-3-5-24-6-4-13/h1-2,9-10,13H,3-8,11H2,(H,22,23)/b2-1+. The van der Waals surface area contributed by atoms with Crippen LogP contribution in [0.4, 0.5) is 0 Å². The number of fused-ring (bicyclic) bond motifs is 1. The molecule has 140 valence electrons. The Morgan fingerprint density at radius 1 is 1.19 bits per heavy atom. The molecule has 0 bridgehead atoms. The number of amides is 1. The summed E-state index contributed by atoms with van der Waals surface area (Å²) < 4.78 is 16.3. The molecule has 0 spiro atoms. The lowest BCUT2D eigenvalue weighted by atomic mass is 10.1. The van der Waals surface area contributed by atoms with Gasteiger partial charge in [-0.05, 0) is 36.6 Å². The van der Waals surface area contributed by atoms with Crippen LogP contribution >= 0.6 is 11.6 Å². The van der Waals surface area contributed by atoms with E-state index >= 15 is 0 Å². The van der Waals surface area contributed by atoms with Gasteiger partial charge in [-0.15, -0.1) is 0 Å². The van der Waals surface area contributed by atoms with E-state index in [0.29, 0.717) is 61.4 Å². The fourth-order valence-electron chi connectivity index (χ4n) is 3.02. The number of carbonyl (C=O) groups excluding carboxylic acids is 1. The van der Waals surface area contributed by atoms with Crippen molar-refractivity contribution in [2.45, 2.75) is 18.9 Å². The van der Waals surface area contributed by atoms with Crippen molar-refractivity contribution in [3.63, 3.8) is 0 Å². The molecule has 1 N–H and O–H groups in total. The second kappa shape index (κ2) is 8.42. The Bertz CT molecular complexity index is 714. The average molecular weight is 382 g/mol. The van der Waals surface area contributed by atoms with Crippen molar-refractivity contribution in [2.24, 2.45) is 0 Å². The first-order valence-electron chi connectivity index (χ1n) is 8.42. The molecule has 0 unspecified atom stereocenters. The van der Waals surface area contributed by atoms with E-state index in [1.54, 1.807) is 18.2 Å². The molecule has 7 nitrogen and oxygen atoms in total. The zero-order valence-corrected chi connectivity index (χ0v) is 14.9. The maximum atomic E-state index is 12.6. The third kappa shape index (κ3) is 4.47. The van der Waals surface area contributed by atoms with E-state index in [-0.39, 0.29) is 18.5 Å². The van der Waals surface area contributed by atoms with Gasteiger partial charge in [0.05, 0.1) is 5.02 Å². The Labute approximate surface area is 156 Å². The first-order chi connectivity index (χ1) is 12.5. The van der Waals surface area contributed by atoms with Crippen LogP contribution in [0.1, 0.15) is 18.4 Å². The molecule has 8 heteroatoms. The number of rotatable bonds is 5. The number of hydrogen-bond donors (Lipinski definition) is 1. The van der Waals surface area contributed by atoms with Gasteiger partial charge in [0, 0.05) is 25.3 Å². The van der Waals surface area contributed by atoms with Crippen LogP contribution in [-0.2, 0) is 14.3 Å². The molecule has 1 fully saturated rings. The Morgan fingerprint density at radius 2 is 1.92 bits per heavy atom. The van der Waals surface area contributed by atoms with Gasteiger partial charge in [0.1, 0.15) is 19.8 Å². The quantitative estimate of drug-likeness (QED) is 0.787. The van der Waals surface area contributed by atoms with Gasteiger partial charge in [0.15, 0.2) is 11.5 Å². The van der Waals surface area contributed by atoms with Crippen LogP contribution < -0.4 is 9.47 Å². The Kier molecular flexibility index (Phi) is 6.00. The van der Waals surface area contributed by atoms with Crippen molar-refractivity contribution in [2.75, 3.05) is 33.0 Å². The van der Waals surface area contributed by atoms with Crippen LogP contribution in [0.3, 0.4) is 0 Å². The number of carbonyl (C=O) groups is 2. The summed E-state index contributed by atoms with van der Waals surface area (Å²) in [5.41, 5.74) is 0.676. The Balaban J connectivity index is 1.75. The minimum absolute atomic E-state index is 0.138. The molecular formula is C18H20ClNO6. The molecule has 2 heterocycles. The first kappa shape index (κ1) is 18.5. The number of benzene rings is 1. The molecule has 1 amide bonds. The van der Waals surface area contributed by atoms with Gasteiger partial charge in [-0.2, -0.15) is 0 Å². The minimum atomic E-state index is -1.04. The predicted octanol–water partition coefficient (Wildman–Crippen LogP) is 2.22. The fourth-order valence-corrected chi connectivity index (χ4v) is 3.29. The number of carboxylic acids is 1. The smallest absolute Gasteiger partial charge is 0.323 e. The van der Waals surface area contributed by atoms with Crippen LogP contribution in [0.15, 0.2) is 18.2 Å². The molecule has 1 aromatic rings. The second-order valence-corrected chi connectivity index (χ2v) is 6.47. The Hall–Kier alpha value is -2.25. The van der Waals surface area contributed by atoms with E-state index in [4.69, 9.17) is 30.9 Å². The average Bonchev–Trinajstić information content (AvgIpc) is 2.65. The maximum absolute atomic E-state index is 12.6. The van der Waals surface area contributed by atoms with Crippen LogP contribution in [0.25, 0.3) is 6.08 Å². The highest BCUT2D eigenvalue weighted by molar-refractivity contribution is 6.32. The first-order valence-corrected chi connectivity index (χ1v) is 8.80. The number of carboxylic acid groups (broad SMARTS) is 1.